The summed E-state index contributed by atoms with van der Waals surface area (Å²) in [6.45, 7) is 0. The Balaban J connectivity index is 1.38. The van der Waals surface area contributed by atoms with E-state index in [1.807, 2.05) is 23.6 Å². The molecule has 1 amide bonds. The van der Waals surface area contributed by atoms with E-state index in [1.54, 1.807) is 47.9 Å². The van der Waals surface area contributed by atoms with Crippen molar-refractivity contribution in [1.29, 1.82) is 0 Å². The number of rotatable bonds is 5. The third-order valence-electron chi connectivity index (χ3n) is 4.84. The quantitative estimate of drug-likeness (QED) is 0.390. The number of aromatic nitrogens is 1. The number of amides is 1. The maximum absolute atomic E-state index is 12.5. The number of carbonyl (C=O) groups is 1. The predicted molar refractivity (Wildman–Crippen MR) is 124 cm³/mol. The number of fused-ring (bicyclic) bond motifs is 3. The van der Waals surface area contributed by atoms with Gasteiger partial charge in [-0.2, -0.15) is 0 Å². The second-order valence-electron chi connectivity index (χ2n) is 6.83. The minimum absolute atomic E-state index is 0.112. The van der Waals surface area contributed by atoms with Gasteiger partial charge in [0.2, 0.25) is 0 Å². The van der Waals surface area contributed by atoms with Gasteiger partial charge >= 0.3 is 0 Å². The van der Waals surface area contributed by atoms with Gasteiger partial charge < -0.3 is 10.6 Å². The van der Waals surface area contributed by atoms with Gasteiger partial charge in [-0.05, 0) is 59.3 Å². The summed E-state index contributed by atoms with van der Waals surface area (Å²) in [4.78, 5) is 16.6. The van der Waals surface area contributed by atoms with Gasteiger partial charge in [0.15, 0.2) is 0 Å². The summed E-state index contributed by atoms with van der Waals surface area (Å²) in [5, 5.41) is 9.06. The summed E-state index contributed by atoms with van der Waals surface area (Å²) in [5.74, 6) is 0.0717. The lowest BCUT2D eigenvalue weighted by Gasteiger charge is -2.08. The Morgan fingerprint density at radius 1 is 1.00 bits per heavy atom. The van der Waals surface area contributed by atoms with Crippen molar-refractivity contribution in [2.75, 3.05) is 15.4 Å². The minimum atomic E-state index is -3.75. The molecule has 2 aromatic heterocycles. The molecule has 1 aliphatic heterocycles. The average Bonchev–Trinajstić information content (AvgIpc) is 3.36. The number of pyridine rings is 1. The molecule has 3 heterocycles. The number of thiophene rings is 1. The molecule has 0 radical (unpaired) electrons. The molecule has 31 heavy (non-hydrogen) atoms. The highest BCUT2D eigenvalue weighted by atomic mass is 32.2. The highest BCUT2D eigenvalue weighted by Crippen LogP contribution is 2.40. The number of benzene rings is 2. The largest absolute Gasteiger partial charge is 0.361 e. The number of nitrogens with one attached hydrogen (secondary N) is 3. The van der Waals surface area contributed by atoms with E-state index >= 15 is 0 Å². The maximum atomic E-state index is 12.5. The molecule has 0 fully saturated rings. The summed E-state index contributed by atoms with van der Waals surface area (Å²) in [5.41, 5.74) is 2.86. The number of carbonyl (C=O) groups excluding carboxylic acids is 1. The van der Waals surface area contributed by atoms with Crippen LogP contribution in [0.15, 0.2) is 83.3 Å². The summed E-state index contributed by atoms with van der Waals surface area (Å²) >= 11 is 1.59. The van der Waals surface area contributed by atoms with E-state index in [9.17, 15) is 13.2 Å². The highest BCUT2D eigenvalue weighted by molar-refractivity contribution is 7.92. The minimum Gasteiger partial charge on any atom is -0.361 e. The Labute approximate surface area is 182 Å². The third-order valence-corrected chi connectivity index (χ3v) is 7.15. The first kappa shape index (κ1) is 19.3. The molecule has 2 aromatic carbocycles. The molecule has 0 unspecified atom stereocenters. The molecule has 1 aliphatic rings. The van der Waals surface area contributed by atoms with Crippen LogP contribution in [-0.4, -0.2) is 19.3 Å². The Kier molecular flexibility index (Phi) is 4.68. The standard InChI is InChI=1S/C22H16N4O3S2/c27-22-17(20-18(25-22)9-4-14-10-12-30-21(14)20)13-24-15-5-7-16(8-6-15)31(28,29)26-19-3-1-2-11-23-19/h1-13,24H,(H,23,26)(H,25,27)/b17-13-. The van der Waals surface area contributed by atoms with Gasteiger partial charge in [0.1, 0.15) is 5.82 Å². The molecule has 5 rings (SSSR count). The summed E-state index contributed by atoms with van der Waals surface area (Å²) < 4.78 is 28.5. The van der Waals surface area contributed by atoms with Crippen LogP contribution in [0.5, 0.6) is 0 Å². The van der Waals surface area contributed by atoms with E-state index in [2.05, 4.69) is 20.3 Å². The fourth-order valence-corrected chi connectivity index (χ4v) is 5.32. The first-order chi connectivity index (χ1) is 15.0. The number of anilines is 3. The lowest BCUT2D eigenvalue weighted by molar-refractivity contribution is -0.110. The van der Waals surface area contributed by atoms with Crippen molar-refractivity contribution in [1.82, 2.24) is 4.98 Å². The lowest BCUT2D eigenvalue weighted by atomic mass is 10.1. The molecular formula is C22H16N4O3S2. The van der Waals surface area contributed by atoms with Crippen molar-refractivity contribution < 1.29 is 13.2 Å². The Morgan fingerprint density at radius 3 is 2.61 bits per heavy atom. The zero-order chi connectivity index (χ0) is 21.4. The van der Waals surface area contributed by atoms with Crippen LogP contribution in [-0.2, 0) is 14.8 Å². The number of hydrogen-bond acceptors (Lipinski definition) is 6. The van der Waals surface area contributed by atoms with Crippen LogP contribution < -0.4 is 15.4 Å². The zero-order valence-corrected chi connectivity index (χ0v) is 17.6. The third kappa shape index (κ3) is 3.65. The van der Waals surface area contributed by atoms with Gasteiger partial charge in [-0.3, -0.25) is 9.52 Å². The van der Waals surface area contributed by atoms with Crippen LogP contribution in [0, 0.1) is 0 Å². The molecule has 0 saturated heterocycles. The van der Waals surface area contributed by atoms with E-state index in [0.29, 0.717) is 11.3 Å². The summed E-state index contributed by atoms with van der Waals surface area (Å²) in [6, 6.07) is 17.2. The van der Waals surface area contributed by atoms with Crippen LogP contribution in [0.4, 0.5) is 17.2 Å². The normalized spacial score (nSPS) is 14.5. The van der Waals surface area contributed by atoms with Crippen molar-refractivity contribution in [2.45, 2.75) is 4.90 Å². The molecule has 0 bridgehead atoms. The van der Waals surface area contributed by atoms with Gasteiger partial charge in [0, 0.05) is 28.3 Å². The van der Waals surface area contributed by atoms with Gasteiger partial charge in [-0.15, -0.1) is 11.3 Å². The van der Waals surface area contributed by atoms with E-state index in [4.69, 9.17) is 0 Å². The van der Waals surface area contributed by atoms with Gasteiger partial charge in [-0.1, -0.05) is 12.1 Å². The van der Waals surface area contributed by atoms with Crippen molar-refractivity contribution in [3.8, 4) is 0 Å². The SMILES string of the molecule is O=C1Nc2ccc3ccsc3c2/C1=C/Nc1ccc(S(=O)(=O)Nc2ccccn2)cc1. The van der Waals surface area contributed by atoms with Crippen molar-refractivity contribution in [3.63, 3.8) is 0 Å². The maximum Gasteiger partial charge on any atom is 0.263 e. The summed E-state index contributed by atoms with van der Waals surface area (Å²) in [7, 11) is -3.75. The zero-order valence-electron chi connectivity index (χ0n) is 16.0. The Bertz CT molecular complexity index is 1430. The number of hydrogen-bond donors (Lipinski definition) is 3. The van der Waals surface area contributed by atoms with E-state index in [0.717, 1.165) is 21.3 Å². The van der Waals surface area contributed by atoms with Crippen molar-refractivity contribution in [2.24, 2.45) is 0 Å². The monoisotopic (exact) mass is 448 g/mol. The number of nitrogens with zero attached hydrogens (tertiary/aromatic N) is 1. The highest BCUT2D eigenvalue weighted by Gasteiger charge is 2.26. The van der Waals surface area contributed by atoms with E-state index in [-0.39, 0.29) is 16.6 Å². The molecule has 0 saturated carbocycles. The van der Waals surface area contributed by atoms with Crippen LogP contribution in [0.2, 0.25) is 0 Å². The first-order valence-corrected chi connectivity index (χ1v) is 11.7. The van der Waals surface area contributed by atoms with E-state index < -0.39 is 10.0 Å². The summed E-state index contributed by atoms with van der Waals surface area (Å²) in [6.07, 6.45) is 3.16. The number of sulfonamides is 1. The van der Waals surface area contributed by atoms with Crippen LogP contribution in [0.1, 0.15) is 5.56 Å². The van der Waals surface area contributed by atoms with Gasteiger partial charge in [0.25, 0.3) is 15.9 Å². The molecule has 7 nitrogen and oxygen atoms in total. The van der Waals surface area contributed by atoms with Crippen LogP contribution >= 0.6 is 11.3 Å². The molecule has 4 aromatic rings. The predicted octanol–water partition coefficient (Wildman–Crippen LogP) is 4.50. The molecule has 154 valence electrons. The second-order valence-corrected chi connectivity index (χ2v) is 9.43. The fourth-order valence-electron chi connectivity index (χ4n) is 3.35. The van der Waals surface area contributed by atoms with Crippen LogP contribution in [0.25, 0.3) is 15.7 Å². The Hall–Kier alpha value is -3.69. The molecule has 9 heteroatoms. The molecule has 0 aliphatic carbocycles. The molecule has 3 N–H and O–H groups in total. The molecular weight excluding hydrogens is 432 g/mol. The lowest BCUT2D eigenvalue weighted by Crippen LogP contribution is -2.13. The van der Waals surface area contributed by atoms with Crippen LogP contribution in [0.3, 0.4) is 0 Å². The Morgan fingerprint density at radius 2 is 1.84 bits per heavy atom. The second kappa shape index (κ2) is 7.53. The fraction of sp³-hybridized carbons (Fsp3) is 0. The topological polar surface area (TPSA) is 100 Å². The van der Waals surface area contributed by atoms with Crippen molar-refractivity contribution in [3.05, 3.63) is 84.0 Å². The van der Waals surface area contributed by atoms with Gasteiger partial charge in [0.05, 0.1) is 16.2 Å². The van der Waals surface area contributed by atoms with Crippen molar-refractivity contribution >= 4 is 60.1 Å². The smallest absolute Gasteiger partial charge is 0.263 e. The first-order valence-electron chi connectivity index (χ1n) is 9.34. The molecule has 0 atom stereocenters. The average molecular weight is 449 g/mol. The molecule has 0 spiro atoms. The van der Waals surface area contributed by atoms with E-state index in [1.165, 1.54) is 18.3 Å². The van der Waals surface area contributed by atoms with Gasteiger partial charge in [-0.25, -0.2) is 13.4 Å².